The monoisotopic (exact) mass is 667 g/mol. The summed E-state index contributed by atoms with van der Waals surface area (Å²) >= 11 is 0. The largest absolute Gasteiger partial charge is 0.497 e. The molecule has 2 aliphatic rings. The molecule has 0 fully saturated rings. The minimum Gasteiger partial charge on any atom is -0.497 e. The van der Waals surface area contributed by atoms with Crippen LogP contribution in [0, 0.1) is 13.8 Å². The molecule has 0 radical (unpaired) electrons. The van der Waals surface area contributed by atoms with Crippen molar-refractivity contribution in [2.24, 2.45) is 0 Å². The molecule has 10 heteroatoms. The van der Waals surface area contributed by atoms with Crippen LogP contribution < -0.4 is 4.74 Å². The lowest BCUT2D eigenvalue weighted by Gasteiger charge is -2.44. The van der Waals surface area contributed by atoms with Crippen molar-refractivity contribution in [3.05, 3.63) is 137 Å². The normalized spacial score (nSPS) is 18.9. The zero-order valence-corrected chi connectivity index (χ0v) is 28.5. The first-order valence-electron chi connectivity index (χ1n) is 15.5. The number of nitrogens with zero attached hydrogens (tertiary/aromatic N) is 3. The number of methoxy groups -OCH3 is 1. The molecule has 0 bridgehead atoms. The van der Waals surface area contributed by atoms with Gasteiger partial charge in [-0.25, -0.2) is 16.8 Å². The Hall–Kier alpha value is -4.22. The molecule has 3 heterocycles. The number of ether oxygens (including phenoxy) is 1. The van der Waals surface area contributed by atoms with Crippen molar-refractivity contribution >= 4 is 30.9 Å². The number of hydrogen-bond donors (Lipinski definition) is 0. The molecule has 242 valence electrons. The third kappa shape index (κ3) is 5.20. The Morgan fingerprint density at radius 2 is 1.36 bits per heavy atom. The van der Waals surface area contributed by atoms with Crippen LogP contribution in [0.15, 0.2) is 119 Å². The molecule has 1 spiro atoms. The second kappa shape index (κ2) is 11.5. The predicted molar refractivity (Wildman–Crippen MR) is 183 cm³/mol. The smallest absolute Gasteiger partial charge is 0.244 e. The lowest BCUT2D eigenvalue weighted by atomic mass is 9.85. The van der Waals surface area contributed by atoms with Gasteiger partial charge in [0.2, 0.25) is 20.0 Å². The van der Waals surface area contributed by atoms with E-state index in [0.29, 0.717) is 12.3 Å². The highest BCUT2D eigenvalue weighted by molar-refractivity contribution is 7.89. The predicted octanol–water partition coefficient (Wildman–Crippen LogP) is 6.37. The van der Waals surface area contributed by atoms with Crippen LogP contribution in [0.2, 0.25) is 0 Å². The van der Waals surface area contributed by atoms with Crippen molar-refractivity contribution < 1.29 is 21.6 Å². The van der Waals surface area contributed by atoms with Crippen molar-refractivity contribution in [1.29, 1.82) is 0 Å². The molecule has 4 aromatic carbocycles. The molecular formula is C37H37N3O5S2. The molecule has 0 saturated heterocycles. The lowest BCUT2D eigenvalue weighted by Crippen LogP contribution is -2.56. The maximum absolute atomic E-state index is 14.7. The average molecular weight is 668 g/mol. The molecule has 1 atom stereocenters. The molecular weight excluding hydrogens is 631 g/mol. The van der Waals surface area contributed by atoms with E-state index in [9.17, 15) is 16.8 Å². The Labute approximate surface area is 276 Å². The van der Waals surface area contributed by atoms with Gasteiger partial charge in [-0.05, 0) is 68.8 Å². The van der Waals surface area contributed by atoms with E-state index in [1.807, 2.05) is 75.4 Å². The SMILES string of the molecule is COc1ccc2c(c1)c1c(n2Cc2ccccc2)CN(S(=O)(=O)c2ccc(C)cc2)CC12C=C(C)CN2S(=O)(=O)c1ccc(C)cc1. The van der Waals surface area contributed by atoms with E-state index in [-0.39, 0.29) is 29.4 Å². The minimum absolute atomic E-state index is 0.0719. The van der Waals surface area contributed by atoms with Crippen LogP contribution in [0.5, 0.6) is 5.75 Å². The zero-order chi connectivity index (χ0) is 33.1. The summed E-state index contributed by atoms with van der Waals surface area (Å²) in [5.74, 6) is 0.633. The first-order chi connectivity index (χ1) is 22.4. The van der Waals surface area contributed by atoms with Crippen molar-refractivity contribution in [1.82, 2.24) is 13.2 Å². The van der Waals surface area contributed by atoms with Gasteiger partial charge in [-0.15, -0.1) is 0 Å². The minimum atomic E-state index is -4.09. The molecule has 8 nitrogen and oxygen atoms in total. The van der Waals surface area contributed by atoms with Gasteiger partial charge in [0.1, 0.15) is 5.75 Å². The summed E-state index contributed by atoms with van der Waals surface area (Å²) in [4.78, 5) is 0.331. The van der Waals surface area contributed by atoms with Crippen molar-refractivity contribution in [2.45, 2.75) is 49.2 Å². The first kappa shape index (κ1) is 31.4. The average Bonchev–Trinajstić information content (AvgIpc) is 3.56. The summed E-state index contributed by atoms with van der Waals surface area (Å²) in [6.07, 6.45) is 1.96. The number of aromatic nitrogens is 1. The van der Waals surface area contributed by atoms with Gasteiger partial charge in [0, 0.05) is 41.8 Å². The standard InChI is InChI=1S/C37H37N3O5S2/c1-26-10-15-31(16-11-26)46(41,42)38-24-35-36(33-20-30(45-4)14-19-34(33)39(35)23-29-8-6-5-7-9-29)37(25-38)21-28(3)22-40(37)47(43,44)32-17-12-27(2)13-18-32/h5-21H,22-25H2,1-4H3. The van der Waals surface area contributed by atoms with Crippen LogP contribution in [0.1, 0.15) is 34.9 Å². The van der Waals surface area contributed by atoms with Gasteiger partial charge in [-0.2, -0.15) is 8.61 Å². The fraction of sp³-hybridized carbons (Fsp3) is 0.243. The van der Waals surface area contributed by atoms with E-state index in [2.05, 4.69) is 4.57 Å². The quantitative estimate of drug-likeness (QED) is 0.189. The highest BCUT2D eigenvalue weighted by Crippen LogP contribution is 2.50. The lowest BCUT2D eigenvalue weighted by molar-refractivity contribution is 0.198. The third-order valence-corrected chi connectivity index (χ3v) is 13.0. The summed E-state index contributed by atoms with van der Waals surface area (Å²) < 4.78 is 69.1. The summed E-state index contributed by atoms with van der Waals surface area (Å²) in [6.45, 7) is 6.32. The van der Waals surface area contributed by atoms with E-state index in [0.717, 1.165) is 44.4 Å². The molecule has 1 unspecified atom stereocenters. The fourth-order valence-corrected chi connectivity index (χ4v) is 10.2. The first-order valence-corrected chi connectivity index (χ1v) is 18.4. The van der Waals surface area contributed by atoms with E-state index in [1.54, 1.807) is 55.6 Å². The summed E-state index contributed by atoms with van der Waals surface area (Å²) in [5, 5.41) is 0.831. The van der Waals surface area contributed by atoms with Gasteiger partial charge in [0.05, 0.1) is 29.0 Å². The van der Waals surface area contributed by atoms with Crippen molar-refractivity contribution in [2.75, 3.05) is 20.2 Å². The van der Waals surface area contributed by atoms with E-state index < -0.39 is 25.6 Å². The van der Waals surface area contributed by atoms with Crippen LogP contribution in [0.4, 0.5) is 0 Å². The third-order valence-electron chi connectivity index (χ3n) is 9.33. The second-order valence-corrected chi connectivity index (χ2v) is 16.4. The topological polar surface area (TPSA) is 88.9 Å². The number of aryl methyl sites for hydroxylation is 2. The molecule has 2 aliphatic heterocycles. The Morgan fingerprint density at radius 1 is 0.745 bits per heavy atom. The van der Waals surface area contributed by atoms with Gasteiger partial charge in [-0.3, -0.25) is 0 Å². The number of hydrogen-bond acceptors (Lipinski definition) is 5. The van der Waals surface area contributed by atoms with E-state index in [4.69, 9.17) is 4.74 Å². The molecule has 7 rings (SSSR count). The Bertz CT molecular complexity index is 2240. The molecule has 0 saturated carbocycles. The molecule has 0 N–H and O–H groups in total. The zero-order valence-electron chi connectivity index (χ0n) is 26.8. The van der Waals surface area contributed by atoms with Gasteiger partial charge in [0.25, 0.3) is 0 Å². The summed E-state index contributed by atoms with van der Waals surface area (Å²) in [5.41, 5.74) is 4.85. The van der Waals surface area contributed by atoms with Gasteiger partial charge >= 0.3 is 0 Å². The molecule has 5 aromatic rings. The highest BCUT2D eigenvalue weighted by Gasteiger charge is 2.55. The number of benzene rings is 4. The number of sulfonamides is 2. The van der Waals surface area contributed by atoms with Crippen LogP contribution in [0.25, 0.3) is 10.9 Å². The van der Waals surface area contributed by atoms with Crippen LogP contribution in [-0.4, -0.2) is 50.2 Å². The van der Waals surface area contributed by atoms with Crippen LogP contribution in [0.3, 0.4) is 0 Å². The second-order valence-electron chi connectivity index (χ2n) is 12.6. The van der Waals surface area contributed by atoms with Gasteiger partial charge in [0.15, 0.2) is 0 Å². The molecule has 47 heavy (non-hydrogen) atoms. The highest BCUT2D eigenvalue weighted by atomic mass is 32.2. The Morgan fingerprint density at radius 3 is 1.98 bits per heavy atom. The maximum atomic E-state index is 14.7. The maximum Gasteiger partial charge on any atom is 0.244 e. The summed E-state index contributed by atoms with van der Waals surface area (Å²) in [6, 6.07) is 29.4. The van der Waals surface area contributed by atoms with E-state index in [1.165, 1.54) is 8.61 Å². The van der Waals surface area contributed by atoms with Crippen molar-refractivity contribution in [3.63, 3.8) is 0 Å². The fourth-order valence-electron chi connectivity index (χ4n) is 7.06. The van der Waals surface area contributed by atoms with Crippen LogP contribution in [-0.2, 0) is 38.7 Å². The molecule has 0 aliphatic carbocycles. The van der Waals surface area contributed by atoms with E-state index >= 15 is 0 Å². The van der Waals surface area contributed by atoms with Crippen molar-refractivity contribution in [3.8, 4) is 5.75 Å². The Kier molecular flexibility index (Phi) is 7.67. The molecule has 1 aromatic heterocycles. The Balaban J connectivity index is 1.53. The molecule has 0 amide bonds. The van der Waals surface area contributed by atoms with Gasteiger partial charge < -0.3 is 9.30 Å². The number of fused-ring (bicyclic) bond motifs is 4. The number of rotatable bonds is 7. The summed E-state index contributed by atoms with van der Waals surface area (Å²) in [7, 11) is -6.52. The van der Waals surface area contributed by atoms with Crippen LogP contribution >= 0.6 is 0 Å². The van der Waals surface area contributed by atoms with Gasteiger partial charge in [-0.1, -0.05) is 77.4 Å².